The van der Waals surface area contributed by atoms with E-state index < -0.39 is 0 Å². The van der Waals surface area contributed by atoms with E-state index in [0.717, 1.165) is 23.7 Å². The van der Waals surface area contributed by atoms with Gasteiger partial charge in [-0.2, -0.15) is 4.98 Å². The maximum absolute atomic E-state index is 6.10. The van der Waals surface area contributed by atoms with Crippen LogP contribution in [0.3, 0.4) is 0 Å². The van der Waals surface area contributed by atoms with E-state index in [2.05, 4.69) is 20.6 Å². The normalized spacial score (nSPS) is 10.2. The van der Waals surface area contributed by atoms with Crippen LogP contribution in [0.15, 0.2) is 24.3 Å². The average molecular weight is 293 g/mol. The van der Waals surface area contributed by atoms with E-state index >= 15 is 0 Å². The van der Waals surface area contributed by atoms with E-state index in [1.54, 1.807) is 13.2 Å². The predicted molar refractivity (Wildman–Crippen MR) is 82.2 cm³/mol. The van der Waals surface area contributed by atoms with Gasteiger partial charge in [0.15, 0.2) is 0 Å². The third-order valence-electron chi connectivity index (χ3n) is 2.61. The van der Waals surface area contributed by atoms with E-state index in [4.69, 9.17) is 16.3 Å². The molecule has 1 aromatic heterocycles. The molecule has 0 aliphatic heterocycles. The highest BCUT2D eigenvalue weighted by Gasteiger charge is 2.05. The van der Waals surface area contributed by atoms with Gasteiger partial charge in [-0.1, -0.05) is 11.6 Å². The fourth-order valence-corrected chi connectivity index (χ4v) is 2.02. The highest BCUT2D eigenvalue weighted by atomic mass is 35.5. The van der Waals surface area contributed by atoms with E-state index in [0.29, 0.717) is 16.7 Å². The molecule has 20 heavy (non-hydrogen) atoms. The number of nitrogens with zero attached hydrogens (tertiary/aromatic N) is 2. The minimum absolute atomic E-state index is 0.551. The molecule has 0 saturated carbocycles. The van der Waals surface area contributed by atoms with Crippen molar-refractivity contribution in [2.45, 2.75) is 13.8 Å². The van der Waals surface area contributed by atoms with Crippen molar-refractivity contribution in [3.05, 3.63) is 35.0 Å². The number of hydrogen-bond acceptors (Lipinski definition) is 5. The van der Waals surface area contributed by atoms with Crippen molar-refractivity contribution < 1.29 is 4.74 Å². The Morgan fingerprint density at radius 3 is 2.70 bits per heavy atom. The molecule has 0 saturated heterocycles. The molecule has 0 radical (unpaired) electrons. The molecule has 2 aromatic rings. The predicted octanol–water partition coefficient (Wildman–Crippen LogP) is 3.62. The smallest absolute Gasteiger partial charge is 0.224 e. The van der Waals surface area contributed by atoms with Crippen LogP contribution in [-0.4, -0.2) is 23.6 Å². The van der Waals surface area contributed by atoms with Crippen molar-refractivity contribution in [3.63, 3.8) is 0 Å². The Kier molecular flexibility index (Phi) is 4.63. The summed E-state index contributed by atoms with van der Waals surface area (Å²) in [7, 11) is 1.59. The van der Waals surface area contributed by atoms with Crippen molar-refractivity contribution in [3.8, 4) is 5.75 Å². The van der Waals surface area contributed by atoms with Crippen LogP contribution in [0.4, 0.5) is 17.5 Å². The lowest BCUT2D eigenvalue weighted by Gasteiger charge is -2.10. The topological polar surface area (TPSA) is 59.1 Å². The summed E-state index contributed by atoms with van der Waals surface area (Å²) in [6, 6.07) is 7.36. The van der Waals surface area contributed by atoms with Gasteiger partial charge in [0.05, 0.1) is 12.1 Å². The number of hydrogen-bond donors (Lipinski definition) is 2. The molecule has 1 aromatic carbocycles. The van der Waals surface area contributed by atoms with Gasteiger partial charge in [-0.3, -0.25) is 0 Å². The molecule has 0 unspecified atom stereocenters. The molecule has 0 spiro atoms. The summed E-state index contributed by atoms with van der Waals surface area (Å²) in [6.07, 6.45) is 0. The van der Waals surface area contributed by atoms with Crippen molar-refractivity contribution in [1.29, 1.82) is 0 Å². The standard InChI is InChI=1S/C14H17ClN4O/c1-4-16-14-17-9(2)7-13(19-14)18-10-5-6-12(20-3)11(15)8-10/h5-8H,4H2,1-3H3,(H2,16,17,18,19). The highest BCUT2D eigenvalue weighted by Crippen LogP contribution is 2.28. The minimum atomic E-state index is 0.551. The van der Waals surface area contributed by atoms with Gasteiger partial charge in [0.25, 0.3) is 0 Å². The lowest BCUT2D eigenvalue weighted by Crippen LogP contribution is -2.05. The maximum Gasteiger partial charge on any atom is 0.224 e. The largest absolute Gasteiger partial charge is 0.495 e. The second-order valence-electron chi connectivity index (χ2n) is 4.22. The number of benzene rings is 1. The number of anilines is 3. The second kappa shape index (κ2) is 6.43. The lowest BCUT2D eigenvalue weighted by molar-refractivity contribution is 0.415. The van der Waals surface area contributed by atoms with E-state index in [1.165, 1.54) is 0 Å². The molecule has 5 nitrogen and oxygen atoms in total. The molecule has 2 N–H and O–H groups in total. The first-order chi connectivity index (χ1) is 9.62. The van der Waals surface area contributed by atoms with Gasteiger partial charge >= 0.3 is 0 Å². The van der Waals surface area contributed by atoms with E-state index in [9.17, 15) is 0 Å². The zero-order valence-electron chi connectivity index (χ0n) is 11.7. The summed E-state index contributed by atoms with van der Waals surface area (Å²) in [6.45, 7) is 4.70. The van der Waals surface area contributed by atoms with Gasteiger partial charge in [-0.25, -0.2) is 4.98 Å². The third-order valence-corrected chi connectivity index (χ3v) is 2.91. The van der Waals surface area contributed by atoms with Gasteiger partial charge in [0.2, 0.25) is 5.95 Å². The number of aromatic nitrogens is 2. The Balaban J connectivity index is 2.23. The number of methoxy groups -OCH3 is 1. The van der Waals surface area contributed by atoms with Crippen molar-refractivity contribution in [2.75, 3.05) is 24.3 Å². The summed E-state index contributed by atoms with van der Waals surface area (Å²) < 4.78 is 5.12. The van der Waals surface area contributed by atoms with Crippen LogP contribution in [0.5, 0.6) is 5.75 Å². The van der Waals surface area contributed by atoms with Crippen LogP contribution in [-0.2, 0) is 0 Å². The molecular weight excluding hydrogens is 276 g/mol. The zero-order valence-corrected chi connectivity index (χ0v) is 12.5. The molecule has 6 heteroatoms. The van der Waals surface area contributed by atoms with Crippen LogP contribution in [0, 0.1) is 6.92 Å². The molecular formula is C14H17ClN4O. The number of nitrogens with one attached hydrogen (secondary N) is 2. The monoisotopic (exact) mass is 292 g/mol. The molecule has 1 heterocycles. The summed E-state index contributed by atoms with van der Waals surface area (Å²) in [5.74, 6) is 1.97. The molecule has 0 aliphatic carbocycles. The molecule has 0 bridgehead atoms. The molecule has 2 rings (SSSR count). The molecule has 106 valence electrons. The van der Waals surface area contributed by atoms with Crippen molar-refractivity contribution in [2.24, 2.45) is 0 Å². The van der Waals surface area contributed by atoms with Crippen LogP contribution >= 0.6 is 11.6 Å². The molecule has 0 atom stereocenters. The maximum atomic E-state index is 6.10. The molecule has 0 amide bonds. The van der Waals surface area contributed by atoms with Crippen molar-refractivity contribution >= 4 is 29.1 Å². The first-order valence-corrected chi connectivity index (χ1v) is 6.70. The number of rotatable bonds is 5. The summed E-state index contributed by atoms with van der Waals surface area (Å²) in [5.41, 5.74) is 1.73. The quantitative estimate of drug-likeness (QED) is 0.881. The van der Waals surface area contributed by atoms with Crippen LogP contribution in [0.2, 0.25) is 5.02 Å². The van der Waals surface area contributed by atoms with Gasteiger partial charge in [0.1, 0.15) is 11.6 Å². The van der Waals surface area contributed by atoms with Gasteiger partial charge < -0.3 is 15.4 Å². The first-order valence-electron chi connectivity index (χ1n) is 6.32. The molecule has 0 fully saturated rings. The van der Waals surface area contributed by atoms with Crippen LogP contribution in [0.1, 0.15) is 12.6 Å². The van der Waals surface area contributed by atoms with E-state index in [1.807, 2.05) is 32.0 Å². The third kappa shape index (κ3) is 3.51. The fourth-order valence-electron chi connectivity index (χ4n) is 1.76. The minimum Gasteiger partial charge on any atom is -0.495 e. The SMILES string of the molecule is CCNc1nc(C)cc(Nc2ccc(OC)c(Cl)c2)n1. The number of aryl methyl sites for hydroxylation is 1. The van der Waals surface area contributed by atoms with Crippen molar-refractivity contribution in [1.82, 2.24) is 9.97 Å². The highest BCUT2D eigenvalue weighted by molar-refractivity contribution is 6.32. The number of ether oxygens (including phenoxy) is 1. The Labute approximate surface area is 123 Å². The van der Waals surface area contributed by atoms with E-state index in [-0.39, 0.29) is 0 Å². The van der Waals surface area contributed by atoms with Gasteiger partial charge in [-0.05, 0) is 32.0 Å². The van der Waals surface area contributed by atoms with Gasteiger partial charge in [0, 0.05) is 24.0 Å². The first kappa shape index (κ1) is 14.4. The second-order valence-corrected chi connectivity index (χ2v) is 4.63. The summed E-state index contributed by atoms with van der Waals surface area (Å²) >= 11 is 6.10. The van der Waals surface area contributed by atoms with Crippen LogP contribution < -0.4 is 15.4 Å². The number of halogens is 1. The molecule has 0 aliphatic rings. The summed E-state index contributed by atoms with van der Waals surface area (Å²) in [5, 5.41) is 6.85. The lowest BCUT2D eigenvalue weighted by atomic mass is 10.3. The Hall–Kier alpha value is -2.01. The Bertz CT molecular complexity index is 604. The van der Waals surface area contributed by atoms with Crippen LogP contribution in [0.25, 0.3) is 0 Å². The summed E-state index contributed by atoms with van der Waals surface area (Å²) in [4.78, 5) is 8.69. The Morgan fingerprint density at radius 1 is 1.25 bits per heavy atom. The zero-order chi connectivity index (χ0) is 14.5. The van der Waals surface area contributed by atoms with Gasteiger partial charge in [-0.15, -0.1) is 0 Å². The fraction of sp³-hybridized carbons (Fsp3) is 0.286. The average Bonchev–Trinajstić information content (AvgIpc) is 2.38. The Morgan fingerprint density at radius 2 is 2.05 bits per heavy atom.